The molecule has 1 amide bonds. The van der Waals surface area contributed by atoms with Gasteiger partial charge in [-0.3, -0.25) is 9.59 Å². The highest BCUT2D eigenvalue weighted by atomic mass is 16.6. The van der Waals surface area contributed by atoms with Gasteiger partial charge in [0.15, 0.2) is 0 Å². The fourth-order valence-corrected chi connectivity index (χ4v) is 8.27. The summed E-state index contributed by atoms with van der Waals surface area (Å²) in [6.07, 6.45) is 37.9. The normalized spacial score (nSPS) is 11.8. The third kappa shape index (κ3) is 41.5. The van der Waals surface area contributed by atoms with Gasteiger partial charge in [-0.25, -0.2) is 4.79 Å². The molecular formula is C52H102N2O6. The molecule has 0 aliphatic carbocycles. The summed E-state index contributed by atoms with van der Waals surface area (Å²) >= 11 is 0. The first-order chi connectivity index (χ1) is 29.0. The zero-order valence-corrected chi connectivity index (χ0v) is 41.1. The Morgan fingerprint density at radius 3 is 1.18 bits per heavy atom. The highest BCUT2D eigenvalue weighted by Gasteiger charge is 2.16. The molecule has 0 saturated heterocycles. The number of carbonyl (C=O) groups excluding carboxylic acids is 3. The predicted octanol–water partition coefficient (Wildman–Crippen LogP) is 15.1. The van der Waals surface area contributed by atoms with E-state index in [-0.39, 0.29) is 18.0 Å². The highest BCUT2D eigenvalue weighted by molar-refractivity contribution is 5.69. The van der Waals surface area contributed by atoms with E-state index in [0.717, 1.165) is 115 Å². The molecule has 0 aliphatic rings. The number of hydrogen-bond donors (Lipinski definition) is 1. The number of ether oxygens (including phenoxy) is 3. The topological polar surface area (TPSA) is 94.2 Å². The molecule has 0 atom stereocenters. The van der Waals surface area contributed by atoms with Gasteiger partial charge in [0.05, 0.1) is 13.2 Å². The molecule has 8 nitrogen and oxygen atoms in total. The molecular weight excluding hydrogens is 749 g/mol. The summed E-state index contributed by atoms with van der Waals surface area (Å²) in [5, 5.41) is 2.91. The van der Waals surface area contributed by atoms with E-state index in [2.05, 4.69) is 37.9 Å². The average Bonchev–Trinajstić information content (AvgIpc) is 3.20. The second-order valence-corrected chi connectivity index (χ2v) is 19.1. The highest BCUT2D eigenvalue weighted by Crippen LogP contribution is 2.24. The molecule has 1 N–H and O–H groups in total. The van der Waals surface area contributed by atoms with Crippen molar-refractivity contribution in [2.75, 3.05) is 39.4 Å². The first-order valence-corrected chi connectivity index (χ1v) is 26.0. The van der Waals surface area contributed by atoms with Gasteiger partial charge in [0.1, 0.15) is 5.60 Å². The number of unbranched alkanes of at least 4 members (excludes halogenated alkanes) is 16. The Bertz CT molecular complexity index is 891. The van der Waals surface area contributed by atoms with Crippen molar-refractivity contribution in [2.45, 2.75) is 266 Å². The number of nitrogens with one attached hydrogen (secondary N) is 1. The van der Waals surface area contributed by atoms with Crippen LogP contribution in [-0.2, 0) is 23.8 Å². The van der Waals surface area contributed by atoms with Gasteiger partial charge in [0.2, 0.25) is 0 Å². The maximum Gasteiger partial charge on any atom is 0.407 e. The third-order valence-electron chi connectivity index (χ3n) is 11.9. The molecule has 356 valence electrons. The minimum Gasteiger partial charge on any atom is -0.466 e. The molecule has 0 heterocycles. The van der Waals surface area contributed by atoms with Crippen LogP contribution in [0.25, 0.3) is 0 Å². The molecule has 8 heteroatoms. The molecule has 0 aromatic rings. The fourth-order valence-electron chi connectivity index (χ4n) is 8.27. The van der Waals surface area contributed by atoms with Gasteiger partial charge in [-0.1, -0.05) is 169 Å². The molecule has 0 spiro atoms. The Morgan fingerprint density at radius 2 is 0.800 bits per heavy atom. The molecule has 0 bridgehead atoms. The zero-order chi connectivity index (χ0) is 44.4. The average molecular weight is 851 g/mol. The lowest BCUT2D eigenvalue weighted by Gasteiger charge is -2.23. The first-order valence-electron chi connectivity index (χ1n) is 26.0. The monoisotopic (exact) mass is 851 g/mol. The molecule has 0 aromatic carbocycles. The van der Waals surface area contributed by atoms with Gasteiger partial charge in [0.25, 0.3) is 0 Å². The second-order valence-electron chi connectivity index (χ2n) is 19.1. The SMILES string of the molecule is CCCCCC(CCCCC)CCCOC(=O)CCCCCCCN(CCCCCCCC(=O)OCCCC(CCCCC)CCCCC)CCCNC(=O)OC(C)(C)C. The Hall–Kier alpha value is -1.83. The quantitative estimate of drug-likeness (QED) is 0.0371. The summed E-state index contributed by atoms with van der Waals surface area (Å²) in [5.41, 5.74) is -0.494. The molecule has 0 aromatic heterocycles. The van der Waals surface area contributed by atoms with Crippen LogP contribution in [0.1, 0.15) is 260 Å². The van der Waals surface area contributed by atoms with Crippen LogP contribution in [0.4, 0.5) is 4.79 Å². The number of nitrogens with zero attached hydrogens (tertiary/aromatic N) is 1. The Kier molecular flexibility index (Phi) is 41.2. The maximum absolute atomic E-state index is 12.4. The molecule has 0 radical (unpaired) electrons. The molecule has 0 rings (SSSR count). The van der Waals surface area contributed by atoms with E-state index in [1.165, 1.54) is 116 Å². The number of hydrogen-bond acceptors (Lipinski definition) is 7. The van der Waals surface area contributed by atoms with E-state index in [1.54, 1.807) is 0 Å². The van der Waals surface area contributed by atoms with Crippen molar-refractivity contribution in [1.29, 1.82) is 0 Å². The minimum atomic E-state index is -0.494. The van der Waals surface area contributed by atoms with Gasteiger partial charge in [-0.15, -0.1) is 0 Å². The lowest BCUT2D eigenvalue weighted by atomic mass is 9.91. The summed E-state index contributed by atoms with van der Waals surface area (Å²) < 4.78 is 16.6. The van der Waals surface area contributed by atoms with Crippen molar-refractivity contribution in [1.82, 2.24) is 10.2 Å². The van der Waals surface area contributed by atoms with E-state index >= 15 is 0 Å². The summed E-state index contributed by atoms with van der Waals surface area (Å²) in [4.78, 5) is 39.4. The van der Waals surface area contributed by atoms with Crippen LogP contribution in [0.3, 0.4) is 0 Å². The Morgan fingerprint density at radius 1 is 0.450 bits per heavy atom. The van der Waals surface area contributed by atoms with Crippen LogP contribution in [0.15, 0.2) is 0 Å². The Balaban J connectivity index is 4.37. The molecule has 0 aliphatic heterocycles. The number of amides is 1. The molecule has 60 heavy (non-hydrogen) atoms. The van der Waals surface area contributed by atoms with Crippen molar-refractivity contribution >= 4 is 18.0 Å². The lowest BCUT2D eigenvalue weighted by Crippen LogP contribution is -2.35. The van der Waals surface area contributed by atoms with Gasteiger partial charge in [0, 0.05) is 19.4 Å². The largest absolute Gasteiger partial charge is 0.466 e. The molecule has 0 fully saturated rings. The first kappa shape index (κ1) is 58.2. The smallest absolute Gasteiger partial charge is 0.407 e. The van der Waals surface area contributed by atoms with Crippen LogP contribution >= 0.6 is 0 Å². The van der Waals surface area contributed by atoms with Crippen LogP contribution in [0.5, 0.6) is 0 Å². The molecule has 0 unspecified atom stereocenters. The summed E-state index contributed by atoms with van der Waals surface area (Å²) in [7, 11) is 0. The van der Waals surface area contributed by atoms with Crippen LogP contribution in [0, 0.1) is 11.8 Å². The van der Waals surface area contributed by atoms with Crippen LogP contribution in [-0.4, -0.2) is 67.9 Å². The standard InChI is InChI=1S/C52H102N2O6/c1-8-12-22-33-47(34-23-13-9-2)37-30-45-58-49(55)39-26-18-16-20-28-42-54(44-32-41-53-51(57)60-52(5,6)7)43-29-21-17-19-27-40-50(56)59-46-31-38-48(35-24-14-10-3)36-25-15-11-4/h47-48H,8-46H2,1-7H3,(H,53,57). The molecule has 0 saturated carbocycles. The Labute approximate surface area is 372 Å². The van der Waals surface area contributed by atoms with Crippen molar-refractivity contribution in [3.8, 4) is 0 Å². The van der Waals surface area contributed by atoms with Crippen LogP contribution in [0.2, 0.25) is 0 Å². The number of alkyl carbamates (subject to hydrolysis) is 1. The van der Waals surface area contributed by atoms with E-state index < -0.39 is 5.60 Å². The predicted molar refractivity (Wildman–Crippen MR) is 255 cm³/mol. The van der Waals surface area contributed by atoms with Crippen molar-refractivity contribution in [2.24, 2.45) is 11.8 Å². The second kappa shape index (κ2) is 42.5. The van der Waals surface area contributed by atoms with Crippen molar-refractivity contribution < 1.29 is 28.6 Å². The van der Waals surface area contributed by atoms with Gasteiger partial charge >= 0.3 is 18.0 Å². The van der Waals surface area contributed by atoms with E-state index in [0.29, 0.717) is 32.6 Å². The van der Waals surface area contributed by atoms with Crippen molar-refractivity contribution in [3.63, 3.8) is 0 Å². The van der Waals surface area contributed by atoms with Crippen LogP contribution < -0.4 is 5.32 Å². The van der Waals surface area contributed by atoms with Gasteiger partial charge < -0.3 is 24.4 Å². The summed E-state index contributed by atoms with van der Waals surface area (Å²) in [6, 6.07) is 0. The number of carbonyl (C=O) groups is 3. The van der Waals surface area contributed by atoms with E-state index in [9.17, 15) is 14.4 Å². The van der Waals surface area contributed by atoms with Gasteiger partial charge in [-0.2, -0.15) is 0 Å². The summed E-state index contributed by atoms with van der Waals surface area (Å²) in [6.45, 7) is 19.6. The summed E-state index contributed by atoms with van der Waals surface area (Å²) in [5.74, 6) is 1.52. The van der Waals surface area contributed by atoms with E-state index in [4.69, 9.17) is 14.2 Å². The zero-order valence-electron chi connectivity index (χ0n) is 41.1. The fraction of sp³-hybridized carbons (Fsp3) is 0.942. The maximum atomic E-state index is 12.4. The van der Waals surface area contributed by atoms with E-state index in [1.807, 2.05) is 20.8 Å². The number of esters is 2. The number of rotatable bonds is 44. The lowest BCUT2D eigenvalue weighted by molar-refractivity contribution is -0.144. The third-order valence-corrected chi connectivity index (χ3v) is 11.9. The van der Waals surface area contributed by atoms with Gasteiger partial charge in [-0.05, 0) is 110 Å². The minimum absolute atomic E-state index is 0.0282. The van der Waals surface area contributed by atoms with Crippen molar-refractivity contribution in [3.05, 3.63) is 0 Å².